The molecule has 1 N–H and O–H groups in total. The molecule has 11 nitrogen and oxygen atoms in total. The second-order valence-corrected chi connectivity index (χ2v) is 19.6. The van der Waals surface area contributed by atoms with Crippen LogP contribution >= 0.6 is 0 Å². The van der Waals surface area contributed by atoms with E-state index in [4.69, 9.17) is 18.9 Å². The molecule has 0 aliphatic carbocycles. The van der Waals surface area contributed by atoms with Crippen LogP contribution < -0.4 is 10.2 Å². The summed E-state index contributed by atoms with van der Waals surface area (Å²) in [4.78, 5) is 24.4. The topological polar surface area (TPSA) is 127 Å². The third-order valence-corrected chi connectivity index (χ3v) is 13.1. The number of hydrogen-bond donors (Lipinski definition) is 1. The Morgan fingerprint density at radius 1 is 1.17 bits per heavy atom. The van der Waals surface area contributed by atoms with Crippen molar-refractivity contribution in [2.75, 3.05) is 37.1 Å². The Morgan fingerprint density at radius 2 is 1.89 bits per heavy atom. The van der Waals surface area contributed by atoms with Gasteiger partial charge in [0, 0.05) is 56.7 Å². The highest BCUT2D eigenvalue weighted by Gasteiger charge is 2.47. The number of aromatic nitrogens is 4. The number of nitrogens with zero attached hydrogens (tertiary/aromatic N) is 6. The van der Waals surface area contributed by atoms with Gasteiger partial charge in [0.05, 0.1) is 22.6 Å². The van der Waals surface area contributed by atoms with Crippen LogP contribution in [0.3, 0.4) is 0 Å². The molecule has 0 saturated carbocycles. The van der Waals surface area contributed by atoms with Gasteiger partial charge in [-0.2, -0.15) is 10.4 Å². The van der Waals surface area contributed by atoms with Gasteiger partial charge in [-0.05, 0) is 76.0 Å². The third kappa shape index (κ3) is 7.77. The van der Waals surface area contributed by atoms with Crippen molar-refractivity contribution in [3.63, 3.8) is 0 Å². The molecule has 3 aromatic rings. The molecule has 1 aromatic carbocycles. The predicted octanol–water partition coefficient (Wildman–Crippen LogP) is 7.33. The molecule has 0 unspecified atom stereocenters. The monoisotopic (exact) mass is 647 g/mol. The molecule has 0 bridgehead atoms. The normalized spacial score (nSPS) is 16.7. The molecule has 1 aliphatic rings. The van der Waals surface area contributed by atoms with Gasteiger partial charge in [-0.15, -0.1) is 0 Å². The van der Waals surface area contributed by atoms with Crippen LogP contribution in [0.2, 0.25) is 18.1 Å². The number of fused-ring (bicyclic) bond motifs is 1. The highest BCUT2D eigenvalue weighted by molar-refractivity contribution is 6.74. The van der Waals surface area contributed by atoms with Crippen molar-refractivity contribution in [3.05, 3.63) is 47.3 Å². The molecular weight excluding hydrogens is 599 g/mol. The minimum Gasteiger partial charge on any atom is -0.443 e. The number of anilines is 3. The quantitative estimate of drug-likeness (QED) is 0.178. The van der Waals surface area contributed by atoms with Crippen molar-refractivity contribution >= 4 is 31.9 Å². The fourth-order valence-electron chi connectivity index (χ4n) is 5.15. The Kier molecular flexibility index (Phi) is 10.0. The summed E-state index contributed by atoms with van der Waals surface area (Å²) in [7, 11) is -0.446. The smallest absolute Gasteiger partial charge is 0.414 e. The van der Waals surface area contributed by atoms with Gasteiger partial charge < -0.3 is 19.2 Å². The van der Waals surface area contributed by atoms with E-state index in [1.54, 1.807) is 24.3 Å². The molecule has 1 aliphatic heterocycles. The number of nitriles is 1. The van der Waals surface area contributed by atoms with Gasteiger partial charge in [0.2, 0.25) is 5.95 Å². The second-order valence-electron chi connectivity index (χ2n) is 14.8. The molecule has 1 atom stereocenters. The van der Waals surface area contributed by atoms with Gasteiger partial charge in [-0.3, -0.25) is 4.90 Å². The first-order valence-corrected chi connectivity index (χ1v) is 18.7. The highest BCUT2D eigenvalue weighted by Crippen LogP contribution is 2.47. The molecule has 0 saturated heterocycles. The van der Waals surface area contributed by atoms with E-state index in [1.807, 2.05) is 50.6 Å². The number of aryl methyl sites for hydroxylation is 2. The summed E-state index contributed by atoms with van der Waals surface area (Å²) in [6.45, 7) is 22.6. The minimum atomic E-state index is -2.13. The maximum atomic E-state index is 13.5. The lowest BCUT2D eigenvalue weighted by atomic mass is 9.83. The molecule has 248 valence electrons. The number of rotatable bonds is 10. The van der Waals surface area contributed by atoms with E-state index in [2.05, 4.69) is 62.3 Å². The Balaban J connectivity index is 1.76. The van der Waals surface area contributed by atoms with Gasteiger partial charge in [0.25, 0.3) is 0 Å². The molecule has 0 radical (unpaired) electrons. The molecule has 0 fully saturated rings. The molecule has 4 rings (SSSR count). The average molecular weight is 648 g/mol. The Labute approximate surface area is 274 Å². The van der Waals surface area contributed by atoms with Crippen molar-refractivity contribution < 1.29 is 18.7 Å². The van der Waals surface area contributed by atoms with Crippen LogP contribution in [0.5, 0.6) is 0 Å². The van der Waals surface area contributed by atoms with E-state index in [0.29, 0.717) is 49.2 Å². The summed E-state index contributed by atoms with van der Waals surface area (Å²) in [6, 6.07) is 9.92. The van der Waals surface area contributed by atoms with Crippen LogP contribution in [0.4, 0.5) is 22.2 Å². The molecule has 0 spiro atoms. The summed E-state index contributed by atoms with van der Waals surface area (Å²) in [5.41, 5.74) is 2.76. The van der Waals surface area contributed by atoms with Gasteiger partial charge in [0.1, 0.15) is 17.5 Å². The summed E-state index contributed by atoms with van der Waals surface area (Å²) in [5.74, 6) is 1.18. The largest absolute Gasteiger partial charge is 0.443 e. The first kappa shape index (κ1) is 35.1. The molecule has 46 heavy (non-hydrogen) atoms. The van der Waals surface area contributed by atoms with Crippen molar-refractivity contribution in [1.82, 2.24) is 19.7 Å². The molecular formula is C34H49N7O4Si. The molecule has 2 aromatic heterocycles. The van der Waals surface area contributed by atoms with Crippen molar-refractivity contribution in [1.29, 1.82) is 5.26 Å². The van der Waals surface area contributed by atoms with E-state index in [0.717, 1.165) is 29.1 Å². The van der Waals surface area contributed by atoms with Crippen LogP contribution in [0.15, 0.2) is 30.5 Å². The number of nitrogens with one attached hydrogen (secondary N) is 1. The van der Waals surface area contributed by atoms with E-state index >= 15 is 0 Å². The zero-order chi connectivity index (χ0) is 34.1. The van der Waals surface area contributed by atoms with E-state index in [1.165, 1.54) is 0 Å². The summed E-state index contributed by atoms with van der Waals surface area (Å²) in [6.07, 6.45) is 2.02. The number of amides is 1. The fourth-order valence-corrected chi connectivity index (χ4v) is 6.27. The Bertz CT molecular complexity index is 1620. The van der Waals surface area contributed by atoms with E-state index < -0.39 is 25.4 Å². The highest BCUT2D eigenvalue weighted by atomic mass is 28.4. The summed E-state index contributed by atoms with van der Waals surface area (Å²) >= 11 is 0. The van der Waals surface area contributed by atoms with Gasteiger partial charge in [0.15, 0.2) is 8.32 Å². The molecule has 12 heteroatoms. The number of carbonyl (C=O) groups excluding carboxylic acids is 1. The lowest BCUT2D eigenvalue weighted by molar-refractivity contribution is 0.0575. The van der Waals surface area contributed by atoms with Crippen LogP contribution in [-0.2, 0) is 25.9 Å². The SMILES string of the molecule is COCCCn1nc(C)cc1Nc1nccc(-c2cc(C#N)c3c(c2)[C@@](C)(CO[Si](C)(C)C(C)(C)C)CN3C(=O)OC(C)(C)C)n1. The van der Waals surface area contributed by atoms with E-state index in [-0.39, 0.29) is 5.04 Å². The predicted molar refractivity (Wildman–Crippen MR) is 183 cm³/mol. The van der Waals surface area contributed by atoms with Crippen LogP contribution in [-0.4, -0.2) is 66.6 Å². The first-order valence-electron chi connectivity index (χ1n) is 15.7. The third-order valence-electron chi connectivity index (χ3n) is 8.64. The Hall–Kier alpha value is -3.79. The second kappa shape index (κ2) is 13.1. The number of methoxy groups -OCH3 is 1. The van der Waals surface area contributed by atoms with E-state index in [9.17, 15) is 10.1 Å². The minimum absolute atomic E-state index is 0.0113. The lowest BCUT2D eigenvalue weighted by Crippen LogP contribution is -2.46. The molecule has 3 heterocycles. The zero-order valence-electron chi connectivity index (χ0n) is 29.2. The van der Waals surface area contributed by atoms with Gasteiger partial charge in [-0.25, -0.2) is 19.4 Å². The number of benzene rings is 1. The van der Waals surface area contributed by atoms with Crippen LogP contribution in [0, 0.1) is 18.3 Å². The standard InChI is InChI=1S/C34H49N7O4Si/c1-23-17-28(41(39-23)15-12-16-43-9)38-30-36-14-13-27(37-30)24-18-25(20-35)29-26(19-24)34(8,22-44-46(10,11)33(5,6)7)21-40(29)31(42)45-32(2,3)4/h13-14,17-19H,12,15-16,21-22H2,1-11H3,(H,36,37,38)/t34-/m1/s1. The number of ether oxygens (including phenoxy) is 2. The zero-order valence-corrected chi connectivity index (χ0v) is 30.2. The number of hydrogen-bond acceptors (Lipinski definition) is 9. The number of carbonyl (C=O) groups is 1. The van der Waals surface area contributed by atoms with Crippen LogP contribution in [0.1, 0.15) is 71.7 Å². The van der Waals surface area contributed by atoms with Gasteiger partial charge in [-0.1, -0.05) is 27.7 Å². The van der Waals surface area contributed by atoms with Crippen LogP contribution in [0.25, 0.3) is 11.3 Å². The maximum Gasteiger partial charge on any atom is 0.414 e. The first-order chi connectivity index (χ1) is 21.4. The summed E-state index contributed by atoms with van der Waals surface area (Å²) < 4.78 is 19.6. The van der Waals surface area contributed by atoms with Crippen molar-refractivity contribution in [3.8, 4) is 17.3 Å². The maximum absolute atomic E-state index is 13.5. The average Bonchev–Trinajstić information content (AvgIpc) is 3.46. The van der Waals surface area contributed by atoms with Gasteiger partial charge >= 0.3 is 6.09 Å². The summed E-state index contributed by atoms with van der Waals surface area (Å²) in [5, 5.41) is 18.3. The lowest BCUT2D eigenvalue weighted by Gasteiger charge is -2.39. The molecule has 1 amide bonds. The van der Waals surface area contributed by atoms with Crippen molar-refractivity contribution in [2.24, 2.45) is 0 Å². The van der Waals surface area contributed by atoms with Crippen molar-refractivity contribution in [2.45, 2.75) is 97.5 Å². The Morgan fingerprint density at radius 3 is 2.52 bits per heavy atom. The fraction of sp³-hybridized carbons (Fsp3) is 0.559.